The third kappa shape index (κ3) is 5.48. The Morgan fingerprint density at radius 2 is 2.05 bits per heavy atom. The van der Waals surface area contributed by atoms with Crippen LogP contribution < -0.4 is 10.1 Å². The Labute approximate surface area is 122 Å². The Morgan fingerprint density at radius 1 is 1.35 bits per heavy atom. The summed E-state index contributed by atoms with van der Waals surface area (Å²) in [5, 5.41) is 3.23. The van der Waals surface area contributed by atoms with Gasteiger partial charge in [0, 0.05) is 26.7 Å². The van der Waals surface area contributed by atoms with Crippen LogP contribution in [-0.4, -0.2) is 52.3 Å². The number of nitrogens with one attached hydrogen (secondary N) is 1. The smallest absolute Gasteiger partial charge is 0.214 e. The first kappa shape index (κ1) is 16.9. The van der Waals surface area contributed by atoms with E-state index in [2.05, 4.69) is 5.32 Å². The van der Waals surface area contributed by atoms with Crippen LogP contribution in [0.25, 0.3) is 0 Å². The van der Waals surface area contributed by atoms with Gasteiger partial charge in [0.15, 0.2) is 0 Å². The van der Waals surface area contributed by atoms with E-state index in [1.54, 1.807) is 21.2 Å². The van der Waals surface area contributed by atoms with Gasteiger partial charge in [-0.05, 0) is 31.0 Å². The average molecular weight is 300 g/mol. The Kier molecular flexibility index (Phi) is 6.45. The Morgan fingerprint density at radius 3 is 2.65 bits per heavy atom. The van der Waals surface area contributed by atoms with E-state index in [4.69, 9.17) is 4.74 Å². The first-order valence-corrected chi connectivity index (χ1v) is 8.22. The number of hydrogen-bond acceptors (Lipinski definition) is 4. The van der Waals surface area contributed by atoms with Crippen LogP contribution in [0.1, 0.15) is 12.5 Å². The zero-order valence-corrected chi connectivity index (χ0v) is 13.4. The summed E-state index contributed by atoms with van der Waals surface area (Å²) >= 11 is 0. The number of sulfonamides is 1. The van der Waals surface area contributed by atoms with E-state index in [0.717, 1.165) is 12.2 Å². The third-order valence-electron chi connectivity index (χ3n) is 3.09. The summed E-state index contributed by atoms with van der Waals surface area (Å²) in [6.45, 7) is 2.49. The molecule has 0 aromatic heterocycles. The van der Waals surface area contributed by atoms with Gasteiger partial charge < -0.3 is 10.1 Å². The van der Waals surface area contributed by atoms with Crippen molar-refractivity contribution in [1.29, 1.82) is 0 Å². The average Bonchev–Trinajstić information content (AvgIpc) is 2.38. The molecule has 0 heterocycles. The minimum absolute atomic E-state index is 0.114. The van der Waals surface area contributed by atoms with Crippen molar-refractivity contribution in [3.05, 3.63) is 29.8 Å². The topological polar surface area (TPSA) is 58.6 Å². The molecule has 0 amide bonds. The van der Waals surface area contributed by atoms with E-state index in [0.29, 0.717) is 6.54 Å². The predicted molar refractivity (Wildman–Crippen MR) is 81.6 cm³/mol. The van der Waals surface area contributed by atoms with Gasteiger partial charge in [0.1, 0.15) is 5.75 Å². The van der Waals surface area contributed by atoms with Gasteiger partial charge in [-0.15, -0.1) is 0 Å². The maximum absolute atomic E-state index is 11.6. The van der Waals surface area contributed by atoms with Gasteiger partial charge in [-0.2, -0.15) is 0 Å². The minimum atomic E-state index is -3.13. The van der Waals surface area contributed by atoms with Crippen molar-refractivity contribution in [2.45, 2.75) is 19.4 Å². The Balaban J connectivity index is 2.42. The summed E-state index contributed by atoms with van der Waals surface area (Å²) in [6, 6.07) is 8.11. The molecule has 0 aliphatic heterocycles. The fraction of sp³-hybridized carbons (Fsp3) is 0.571. The molecule has 0 bridgehead atoms. The highest BCUT2D eigenvalue weighted by Crippen LogP contribution is 2.13. The number of methoxy groups -OCH3 is 1. The van der Waals surface area contributed by atoms with Crippen LogP contribution in [0.5, 0.6) is 5.75 Å². The second-order valence-electron chi connectivity index (χ2n) is 5.01. The molecule has 114 valence electrons. The first-order chi connectivity index (χ1) is 9.35. The van der Waals surface area contributed by atoms with Gasteiger partial charge in [0.2, 0.25) is 10.0 Å². The molecule has 6 heteroatoms. The normalized spacial score (nSPS) is 13.4. The van der Waals surface area contributed by atoms with Crippen LogP contribution in [-0.2, 0) is 16.4 Å². The van der Waals surface area contributed by atoms with Crippen molar-refractivity contribution < 1.29 is 13.2 Å². The molecule has 0 fully saturated rings. The van der Waals surface area contributed by atoms with Gasteiger partial charge in [-0.3, -0.25) is 0 Å². The molecule has 5 nitrogen and oxygen atoms in total. The lowest BCUT2D eigenvalue weighted by Gasteiger charge is -2.16. The Bertz CT molecular complexity index is 515. The largest absolute Gasteiger partial charge is 0.497 e. The van der Waals surface area contributed by atoms with Crippen molar-refractivity contribution >= 4 is 10.0 Å². The molecule has 0 spiro atoms. The number of benzene rings is 1. The van der Waals surface area contributed by atoms with Crippen molar-refractivity contribution in [3.8, 4) is 5.75 Å². The van der Waals surface area contributed by atoms with E-state index in [9.17, 15) is 8.42 Å². The Hall–Kier alpha value is -1.11. The van der Waals surface area contributed by atoms with Gasteiger partial charge in [-0.25, -0.2) is 12.7 Å². The zero-order valence-electron chi connectivity index (χ0n) is 12.6. The molecule has 0 aliphatic carbocycles. The van der Waals surface area contributed by atoms with Crippen LogP contribution >= 0.6 is 0 Å². The van der Waals surface area contributed by atoms with Crippen LogP contribution in [0.4, 0.5) is 0 Å². The monoisotopic (exact) mass is 300 g/mol. The number of nitrogens with zero attached hydrogens (tertiary/aromatic N) is 1. The van der Waals surface area contributed by atoms with E-state index < -0.39 is 10.0 Å². The van der Waals surface area contributed by atoms with E-state index in [1.807, 2.05) is 31.2 Å². The highest BCUT2D eigenvalue weighted by Gasteiger charge is 2.13. The third-order valence-corrected chi connectivity index (χ3v) is 4.92. The number of rotatable bonds is 8. The van der Waals surface area contributed by atoms with Gasteiger partial charge >= 0.3 is 0 Å². The quantitative estimate of drug-likeness (QED) is 0.781. The molecule has 0 radical (unpaired) electrons. The first-order valence-electron chi connectivity index (χ1n) is 6.61. The van der Waals surface area contributed by atoms with Gasteiger partial charge in [0.25, 0.3) is 0 Å². The molecule has 0 unspecified atom stereocenters. The number of ether oxygens (including phenoxy) is 1. The summed E-state index contributed by atoms with van der Waals surface area (Å²) in [6.07, 6.45) is 0.833. The summed E-state index contributed by atoms with van der Waals surface area (Å²) in [7, 11) is 1.62. The molecule has 1 N–H and O–H groups in total. The van der Waals surface area contributed by atoms with E-state index in [1.165, 1.54) is 9.87 Å². The van der Waals surface area contributed by atoms with Crippen LogP contribution in [0.2, 0.25) is 0 Å². The molecular formula is C14H24N2O3S. The second kappa shape index (κ2) is 7.61. The molecule has 0 aliphatic rings. The van der Waals surface area contributed by atoms with Gasteiger partial charge in [-0.1, -0.05) is 12.1 Å². The number of hydrogen-bond donors (Lipinski definition) is 1. The predicted octanol–water partition coefficient (Wildman–Crippen LogP) is 1.11. The summed E-state index contributed by atoms with van der Waals surface area (Å²) in [5.41, 5.74) is 1.17. The molecule has 1 aromatic carbocycles. The van der Waals surface area contributed by atoms with Crippen molar-refractivity contribution in [2.24, 2.45) is 0 Å². The lowest BCUT2D eigenvalue weighted by Crippen LogP contribution is -2.35. The maximum Gasteiger partial charge on any atom is 0.214 e. The van der Waals surface area contributed by atoms with Crippen LogP contribution in [0, 0.1) is 0 Å². The zero-order chi connectivity index (χ0) is 15.2. The lowest BCUT2D eigenvalue weighted by atomic mass is 10.1. The highest BCUT2D eigenvalue weighted by molar-refractivity contribution is 7.89. The van der Waals surface area contributed by atoms with Crippen LogP contribution in [0.15, 0.2) is 24.3 Å². The second-order valence-corrected chi connectivity index (χ2v) is 7.31. The molecule has 0 saturated heterocycles. The van der Waals surface area contributed by atoms with Crippen molar-refractivity contribution in [1.82, 2.24) is 9.62 Å². The van der Waals surface area contributed by atoms with Crippen molar-refractivity contribution in [2.75, 3.05) is 33.5 Å². The van der Waals surface area contributed by atoms with E-state index in [-0.39, 0.29) is 11.8 Å². The standard InChI is InChI=1S/C14H24N2O3S/c1-12(15-8-9-20(17,18)16(2)3)10-13-6-5-7-14(11-13)19-4/h5-7,11-12,15H,8-10H2,1-4H3/t12-/m1/s1. The fourth-order valence-electron chi connectivity index (χ4n) is 1.84. The van der Waals surface area contributed by atoms with E-state index >= 15 is 0 Å². The molecular weight excluding hydrogens is 276 g/mol. The SMILES string of the molecule is COc1cccc(C[C@@H](C)NCCS(=O)(=O)N(C)C)c1. The molecule has 1 atom stereocenters. The maximum atomic E-state index is 11.6. The van der Waals surface area contributed by atoms with Crippen molar-refractivity contribution in [3.63, 3.8) is 0 Å². The van der Waals surface area contributed by atoms with Crippen LogP contribution in [0.3, 0.4) is 0 Å². The fourth-order valence-corrected chi connectivity index (χ4v) is 2.58. The molecule has 1 aromatic rings. The van der Waals surface area contributed by atoms with Gasteiger partial charge in [0.05, 0.1) is 12.9 Å². The molecule has 0 saturated carbocycles. The molecule has 20 heavy (non-hydrogen) atoms. The lowest BCUT2D eigenvalue weighted by molar-refractivity contribution is 0.414. The summed E-state index contributed by atoms with van der Waals surface area (Å²) < 4.78 is 29.7. The summed E-state index contributed by atoms with van der Waals surface area (Å²) in [5.74, 6) is 0.951. The summed E-state index contributed by atoms with van der Waals surface area (Å²) in [4.78, 5) is 0. The molecule has 1 rings (SSSR count). The highest BCUT2D eigenvalue weighted by atomic mass is 32.2. The minimum Gasteiger partial charge on any atom is -0.497 e.